The van der Waals surface area contributed by atoms with Crippen molar-refractivity contribution >= 4 is 11.3 Å². The first kappa shape index (κ1) is 24.9. The van der Waals surface area contributed by atoms with E-state index in [1.807, 2.05) is 36.7 Å². The first-order chi connectivity index (χ1) is 18.8. The van der Waals surface area contributed by atoms with Gasteiger partial charge in [-0.05, 0) is 50.1 Å². The van der Waals surface area contributed by atoms with E-state index in [-0.39, 0.29) is 6.61 Å². The summed E-state index contributed by atoms with van der Waals surface area (Å²) >= 11 is 0. The number of piperidine rings is 1. The highest BCUT2D eigenvalue weighted by atomic mass is 16.5. The minimum atomic E-state index is -0.979. The second-order valence-electron chi connectivity index (χ2n) is 10.9. The Balaban J connectivity index is 1.20. The van der Waals surface area contributed by atoms with Crippen LogP contribution in [0, 0.1) is 23.7 Å². The van der Waals surface area contributed by atoms with E-state index in [1.54, 1.807) is 37.0 Å². The molecule has 2 unspecified atom stereocenters. The van der Waals surface area contributed by atoms with Crippen LogP contribution < -0.4 is 9.64 Å². The standard InChI is InChI=1S/C30H29N7O2/c1-4-20-7-21(12-32-11-20)15-36-24-8-25(36)17-35(16-24)28-6-5-22(13-33-28)27-9-26(39-19-30(2,3)38)18-37-29(27)23(10-31)14-34-37/h1,5-7,9,11-14,18,24-25,38H,8,15-17,19H2,2-3H3. The lowest BCUT2D eigenvalue weighted by atomic mass is 9.87. The van der Waals surface area contributed by atoms with Crippen molar-refractivity contribution in [2.24, 2.45) is 0 Å². The fourth-order valence-corrected chi connectivity index (χ4v) is 5.47. The van der Waals surface area contributed by atoms with Crippen LogP contribution in [0.5, 0.6) is 5.75 Å². The van der Waals surface area contributed by atoms with Gasteiger partial charge in [-0.2, -0.15) is 10.4 Å². The molecule has 3 aliphatic rings. The summed E-state index contributed by atoms with van der Waals surface area (Å²) in [4.78, 5) is 14.0. The lowest BCUT2D eigenvalue weighted by molar-refractivity contribution is -0.00875. The van der Waals surface area contributed by atoms with E-state index in [0.717, 1.165) is 47.7 Å². The smallest absolute Gasteiger partial charge is 0.138 e. The molecule has 7 heterocycles. The number of nitriles is 1. The summed E-state index contributed by atoms with van der Waals surface area (Å²) in [7, 11) is 0. The summed E-state index contributed by atoms with van der Waals surface area (Å²) in [5, 5.41) is 24.1. The van der Waals surface area contributed by atoms with Crippen LogP contribution in [0.3, 0.4) is 0 Å². The zero-order valence-corrected chi connectivity index (χ0v) is 21.9. The number of anilines is 1. The van der Waals surface area contributed by atoms with E-state index in [4.69, 9.17) is 16.1 Å². The number of hydrogen-bond acceptors (Lipinski definition) is 8. The van der Waals surface area contributed by atoms with Crippen LogP contribution in [0.25, 0.3) is 16.6 Å². The monoisotopic (exact) mass is 519 g/mol. The van der Waals surface area contributed by atoms with Gasteiger partial charge in [0.2, 0.25) is 0 Å². The summed E-state index contributed by atoms with van der Waals surface area (Å²) in [5.74, 6) is 4.15. The molecule has 39 heavy (non-hydrogen) atoms. The van der Waals surface area contributed by atoms with Gasteiger partial charge in [-0.15, -0.1) is 6.42 Å². The van der Waals surface area contributed by atoms with Crippen LogP contribution in [0.2, 0.25) is 0 Å². The minimum absolute atomic E-state index is 0.127. The fraction of sp³-hybridized carbons (Fsp3) is 0.333. The molecule has 0 saturated carbocycles. The van der Waals surface area contributed by atoms with Crippen molar-refractivity contribution in [3.8, 4) is 35.3 Å². The number of hydrogen-bond donors (Lipinski definition) is 1. The highest BCUT2D eigenvalue weighted by Crippen LogP contribution is 2.36. The molecule has 3 saturated heterocycles. The van der Waals surface area contributed by atoms with Gasteiger partial charge in [0.1, 0.15) is 24.2 Å². The van der Waals surface area contributed by atoms with Crippen molar-refractivity contribution in [2.75, 3.05) is 24.6 Å². The topological polar surface area (TPSA) is 103 Å². The zero-order valence-electron chi connectivity index (χ0n) is 21.9. The second-order valence-corrected chi connectivity index (χ2v) is 10.9. The van der Waals surface area contributed by atoms with Crippen molar-refractivity contribution in [1.82, 2.24) is 24.5 Å². The molecular formula is C30H29N7O2. The second kappa shape index (κ2) is 9.70. The zero-order chi connectivity index (χ0) is 27.1. The number of aliphatic hydroxyl groups is 1. The Bertz CT molecular complexity index is 1600. The number of pyridine rings is 3. The quantitative estimate of drug-likeness (QED) is 0.371. The highest BCUT2D eigenvalue weighted by molar-refractivity contribution is 5.85. The van der Waals surface area contributed by atoms with Gasteiger partial charge in [-0.25, -0.2) is 9.50 Å². The van der Waals surface area contributed by atoms with Crippen LogP contribution >= 0.6 is 0 Å². The maximum atomic E-state index is 10.1. The van der Waals surface area contributed by atoms with Crippen molar-refractivity contribution in [1.29, 1.82) is 5.26 Å². The van der Waals surface area contributed by atoms with E-state index in [0.29, 0.717) is 28.9 Å². The van der Waals surface area contributed by atoms with Gasteiger partial charge in [0.05, 0.1) is 29.1 Å². The Morgan fingerprint density at radius 1 is 1.15 bits per heavy atom. The largest absolute Gasteiger partial charge is 0.489 e. The number of ether oxygens (including phenoxy) is 1. The van der Waals surface area contributed by atoms with Crippen LogP contribution in [-0.4, -0.2) is 67.0 Å². The van der Waals surface area contributed by atoms with E-state index in [1.165, 1.54) is 6.42 Å². The van der Waals surface area contributed by atoms with Gasteiger partial charge in [-0.1, -0.05) is 5.92 Å². The first-order valence-electron chi connectivity index (χ1n) is 13.0. The lowest BCUT2D eigenvalue weighted by Gasteiger charge is -2.56. The van der Waals surface area contributed by atoms with Crippen molar-refractivity contribution in [3.63, 3.8) is 0 Å². The van der Waals surface area contributed by atoms with Gasteiger partial charge in [0.25, 0.3) is 0 Å². The number of fused-ring (bicyclic) bond motifs is 3. The summed E-state index contributed by atoms with van der Waals surface area (Å²) in [6.45, 7) is 6.19. The number of aromatic nitrogens is 4. The normalized spacial score (nSPS) is 18.8. The van der Waals surface area contributed by atoms with E-state index in [2.05, 4.69) is 31.9 Å². The molecule has 0 aromatic carbocycles. The number of nitrogens with zero attached hydrogens (tertiary/aromatic N) is 7. The number of rotatable bonds is 7. The van der Waals surface area contributed by atoms with E-state index in [9.17, 15) is 10.4 Å². The Morgan fingerprint density at radius 3 is 2.67 bits per heavy atom. The molecule has 0 spiro atoms. The van der Waals surface area contributed by atoms with Gasteiger partial charge < -0.3 is 14.7 Å². The molecule has 2 bridgehead atoms. The first-order valence-corrected chi connectivity index (χ1v) is 13.0. The molecule has 9 nitrogen and oxygen atoms in total. The average molecular weight is 520 g/mol. The number of terminal acetylenes is 1. The van der Waals surface area contributed by atoms with Crippen LogP contribution in [-0.2, 0) is 6.54 Å². The van der Waals surface area contributed by atoms with Crippen molar-refractivity contribution < 1.29 is 9.84 Å². The molecule has 0 aliphatic carbocycles. The molecule has 4 aromatic rings. The molecule has 3 aliphatic heterocycles. The Kier molecular flexibility index (Phi) is 6.19. The third-order valence-corrected chi connectivity index (χ3v) is 7.35. The summed E-state index contributed by atoms with van der Waals surface area (Å²) in [6.07, 6.45) is 15.4. The third kappa shape index (κ3) is 4.90. The molecule has 196 valence electrons. The molecular weight excluding hydrogens is 490 g/mol. The molecule has 1 N–H and O–H groups in total. The minimum Gasteiger partial charge on any atom is -0.489 e. The lowest BCUT2D eigenvalue weighted by Crippen LogP contribution is -2.68. The molecule has 4 aromatic heterocycles. The average Bonchev–Trinajstić information content (AvgIpc) is 3.37. The van der Waals surface area contributed by atoms with Crippen molar-refractivity contribution in [2.45, 2.75) is 44.5 Å². The van der Waals surface area contributed by atoms with Crippen molar-refractivity contribution in [3.05, 3.63) is 71.9 Å². The molecule has 7 rings (SSSR count). The summed E-state index contributed by atoms with van der Waals surface area (Å²) < 4.78 is 7.49. The van der Waals surface area contributed by atoms with Crippen LogP contribution in [0.4, 0.5) is 5.82 Å². The Hall–Kier alpha value is -4.44. The molecule has 3 fully saturated rings. The molecule has 9 heteroatoms. The maximum Gasteiger partial charge on any atom is 0.138 e. The fourth-order valence-electron chi connectivity index (χ4n) is 5.47. The summed E-state index contributed by atoms with van der Waals surface area (Å²) in [5.41, 5.74) is 3.81. The van der Waals surface area contributed by atoms with Gasteiger partial charge in [0, 0.05) is 67.0 Å². The van der Waals surface area contributed by atoms with Crippen LogP contribution in [0.1, 0.15) is 37.0 Å². The highest BCUT2D eigenvalue weighted by Gasteiger charge is 2.44. The Labute approximate surface area is 227 Å². The molecule has 0 radical (unpaired) electrons. The Morgan fingerprint density at radius 2 is 1.97 bits per heavy atom. The predicted octanol–water partition coefficient (Wildman–Crippen LogP) is 3.26. The van der Waals surface area contributed by atoms with E-state index >= 15 is 0 Å². The molecule has 2 atom stereocenters. The third-order valence-electron chi connectivity index (χ3n) is 7.35. The summed E-state index contributed by atoms with van der Waals surface area (Å²) in [6, 6.07) is 11.1. The SMILES string of the molecule is C#Cc1cncc(CN2C3CC2CN(c2ccc(-c4cc(OCC(C)(C)O)cn5ncc(C#N)c45)cn2)C3)c1. The van der Waals surface area contributed by atoms with Crippen LogP contribution in [0.15, 0.2) is 55.2 Å². The van der Waals surface area contributed by atoms with E-state index < -0.39 is 5.60 Å². The van der Waals surface area contributed by atoms with Gasteiger partial charge in [-0.3, -0.25) is 9.88 Å². The van der Waals surface area contributed by atoms with Gasteiger partial charge in [0.15, 0.2) is 0 Å². The number of piperazine rings is 1. The van der Waals surface area contributed by atoms with Gasteiger partial charge >= 0.3 is 0 Å². The molecule has 0 amide bonds. The maximum absolute atomic E-state index is 10.1. The predicted molar refractivity (Wildman–Crippen MR) is 147 cm³/mol.